The number of aryl methyl sites for hydroxylation is 1. The third kappa shape index (κ3) is 2.59. The van der Waals surface area contributed by atoms with Gasteiger partial charge in [0, 0.05) is 0 Å². The molecule has 0 aliphatic carbocycles. The second-order valence-electron chi connectivity index (χ2n) is 4.12. The molecule has 0 N–H and O–H groups in total. The Morgan fingerprint density at radius 2 is 1.78 bits per heavy atom. The highest BCUT2D eigenvalue weighted by molar-refractivity contribution is 5.90. The average molecular weight is 240 g/mol. The predicted molar refractivity (Wildman–Crippen MR) is 72.6 cm³/mol. The standard InChI is InChI=1S/C16H16O2/c1-3-12-7-9-13(10-8-12)14-5-4-6-15(11-14)16(17)18-2/h4-11H,3H2,1-2H3. The van der Waals surface area contributed by atoms with Gasteiger partial charge in [0.1, 0.15) is 0 Å². The largest absolute Gasteiger partial charge is 0.465 e. The van der Waals surface area contributed by atoms with Gasteiger partial charge in [-0.3, -0.25) is 0 Å². The van der Waals surface area contributed by atoms with Crippen LogP contribution in [0.15, 0.2) is 48.5 Å². The van der Waals surface area contributed by atoms with Gasteiger partial charge in [0.05, 0.1) is 12.7 Å². The average Bonchev–Trinajstić information content (AvgIpc) is 2.46. The van der Waals surface area contributed by atoms with Crippen LogP contribution in [0.1, 0.15) is 22.8 Å². The normalized spacial score (nSPS) is 10.1. The maximum absolute atomic E-state index is 11.5. The van der Waals surface area contributed by atoms with Crippen molar-refractivity contribution in [1.29, 1.82) is 0 Å². The minimum Gasteiger partial charge on any atom is -0.465 e. The Balaban J connectivity index is 2.35. The number of carbonyl (C=O) groups is 1. The number of carbonyl (C=O) groups excluding carboxylic acids is 1. The van der Waals surface area contributed by atoms with Crippen molar-refractivity contribution in [3.05, 3.63) is 59.7 Å². The zero-order chi connectivity index (χ0) is 13.0. The molecule has 0 aromatic heterocycles. The Morgan fingerprint density at radius 3 is 2.39 bits per heavy atom. The van der Waals surface area contributed by atoms with Crippen LogP contribution in [0.4, 0.5) is 0 Å². The molecule has 0 fully saturated rings. The second kappa shape index (κ2) is 5.50. The molecule has 0 aliphatic heterocycles. The van der Waals surface area contributed by atoms with E-state index in [0.717, 1.165) is 17.5 Å². The molecule has 92 valence electrons. The van der Waals surface area contributed by atoms with Gasteiger partial charge >= 0.3 is 5.97 Å². The smallest absolute Gasteiger partial charge is 0.337 e. The summed E-state index contributed by atoms with van der Waals surface area (Å²) in [5, 5.41) is 0. The topological polar surface area (TPSA) is 26.3 Å². The molecule has 0 bridgehead atoms. The lowest BCUT2D eigenvalue weighted by molar-refractivity contribution is 0.0601. The number of rotatable bonds is 3. The van der Waals surface area contributed by atoms with Crippen molar-refractivity contribution in [2.24, 2.45) is 0 Å². The van der Waals surface area contributed by atoms with E-state index in [1.54, 1.807) is 6.07 Å². The molecule has 18 heavy (non-hydrogen) atoms. The molecule has 2 aromatic carbocycles. The molecule has 0 saturated carbocycles. The van der Waals surface area contributed by atoms with E-state index in [1.165, 1.54) is 12.7 Å². The monoisotopic (exact) mass is 240 g/mol. The van der Waals surface area contributed by atoms with Crippen LogP contribution < -0.4 is 0 Å². The number of hydrogen-bond acceptors (Lipinski definition) is 2. The van der Waals surface area contributed by atoms with E-state index in [4.69, 9.17) is 4.74 Å². The third-order valence-corrected chi connectivity index (χ3v) is 2.98. The summed E-state index contributed by atoms with van der Waals surface area (Å²) >= 11 is 0. The molecule has 0 unspecified atom stereocenters. The predicted octanol–water partition coefficient (Wildman–Crippen LogP) is 3.70. The summed E-state index contributed by atoms with van der Waals surface area (Å²) in [7, 11) is 1.39. The number of esters is 1. The van der Waals surface area contributed by atoms with Crippen LogP contribution in [-0.4, -0.2) is 13.1 Å². The van der Waals surface area contributed by atoms with Gasteiger partial charge in [-0.05, 0) is 35.2 Å². The lowest BCUT2D eigenvalue weighted by Gasteiger charge is -2.05. The lowest BCUT2D eigenvalue weighted by atomic mass is 10.0. The number of methoxy groups -OCH3 is 1. The maximum atomic E-state index is 11.5. The minimum atomic E-state index is -0.304. The van der Waals surface area contributed by atoms with Gasteiger partial charge < -0.3 is 4.74 Å². The van der Waals surface area contributed by atoms with E-state index in [-0.39, 0.29) is 5.97 Å². The van der Waals surface area contributed by atoms with Gasteiger partial charge in [-0.2, -0.15) is 0 Å². The quantitative estimate of drug-likeness (QED) is 0.764. The van der Waals surface area contributed by atoms with Crippen LogP contribution in [0.25, 0.3) is 11.1 Å². The summed E-state index contributed by atoms with van der Waals surface area (Å²) in [4.78, 5) is 11.5. The van der Waals surface area contributed by atoms with Crippen molar-refractivity contribution in [2.45, 2.75) is 13.3 Å². The van der Waals surface area contributed by atoms with Gasteiger partial charge in [-0.1, -0.05) is 43.3 Å². The molecule has 2 nitrogen and oxygen atoms in total. The van der Waals surface area contributed by atoms with Gasteiger partial charge in [-0.25, -0.2) is 4.79 Å². The van der Waals surface area contributed by atoms with E-state index in [9.17, 15) is 4.79 Å². The Bertz CT molecular complexity index is 541. The first-order chi connectivity index (χ1) is 8.74. The summed E-state index contributed by atoms with van der Waals surface area (Å²) in [6, 6.07) is 15.9. The molecule has 0 spiro atoms. The lowest BCUT2D eigenvalue weighted by Crippen LogP contribution is -2.00. The molecule has 0 amide bonds. The summed E-state index contributed by atoms with van der Waals surface area (Å²) in [5.74, 6) is -0.304. The molecule has 0 atom stereocenters. The third-order valence-electron chi connectivity index (χ3n) is 2.98. The molecular formula is C16H16O2. The van der Waals surface area contributed by atoms with E-state index in [0.29, 0.717) is 5.56 Å². The maximum Gasteiger partial charge on any atom is 0.337 e. The molecule has 0 heterocycles. The van der Waals surface area contributed by atoms with Crippen LogP contribution >= 0.6 is 0 Å². The summed E-state index contributed by atoms with van der Waals surface area (Å²) in [5.41, 5.74) is 4.02. The van der Waals surface area contributed by atoms with Crippen molar-refractivity contribution >= 4 is 5.97 Å². The van der Waals surface area contributed by atoms with E-state index in [2.05, 4.69) is 31.2 Å². The van der Waals surface area contributed by atoms with E-state index < -0.39 is 0 Å². The Hall–Kier alpha value is -2.09. The number of benzene rings is 2. The Labute approximate surface area is 107 Å². The number of hydrogen-bond donors (Lipinski definition) is 0. The SMILES string of the molecule is CCc1ccc(-c2cccc(C(=O)OC)c2)cc1. The summed E-state index contributed by atoms with van der Waals surface area (Å²) in [6.45, 7) is 2.13. The van der Waals surface area contributed by atoms with Gasteiger partial charge in [0.15, 0.2) is 0 Å². The fourth-order valence-corrected chi connectivity index (χ4v) is 1.88. The van der Waals surface area contributed by atoms with Gasteiger partial charge in [0.2, 0.25) is 0 Å². The molecular weight excluding hydrogens is 224 g/mol. The molecule has 0 saturated heterocycles. The van der Waals surface area contributed by atoms with Crippen LogP contribution in [0, 0.1) is 0 Å². The first-order valence-corrected chi connectivity index (χ1v) is 6.02. The highest BCUT2D eigenvalue weighted by Gasteiger charge is 2.06. The zero-order valence-corrected chi connectivity index (χ0v) is 10.6. The molecule has 2 heteroatoms. The molecule has 0 radical (unpaired) electrons. The van der Waals surface area contributed by atoms with Crippen molar-refractivity contribution in [2.75, 3.05) is 7.11 Å². The summed E-state index contributed by atoms with van der Waals surface area (Å²) < 4.78 is 4.72. The molecule has 0 aliphatic rings. The van der Waals surface area contributed by atoms with Crippen LogP contribution in [0.3, 0.4) is 0 Å². The van der Waals surface area contributed by atoms with Gasteiger partial charge in [-0.15, -0.1) is 0 Å². The van der Waals surface area contributed by atoms with Crippen molar-refractivity contribution < 1.29 is 9.53 Å². The zero-order valence-electron chi connectivity index (χ0n) is 10.6. The van der Waals surface area contributed by atoms with Crippen molar-refractivity contribution in [3.63, 3.8) is 0 Å². The fourth-order valence-electron chi connectivity index (χ4n) is 1.88. The number of ether oxygens (including phenoxy) is 1. The van der Waals surface area contributed by atoms with E-state index >= 15 is 0 Å². The van der Waals surface area contributed by atoms with E-state index in [1.807, 2.05) is 18.2 Å². The van der Waals surface area contributed by atoms with Crippen molar-refractivity contribution in [1.82, 2.24) is 0 Å². The molecule has 2 rings (SSSR count). The first kappa shape index (κ1) is 12.4. The highest BCUT2D eigenvalue weighted by Crippen LogP contribution is 2.21. The Morgan fingerprint density at radius 1 is 1.06 bits per heavy atom. The Kier molecular flexibility index (Phi) is 3.78. The van der Waals surface area contributed by atoms with Crippen LogP contribution in [0.2, 0.25) is 0 Å². The highest BCUT2D eigenvalue weighted by atomic mass is 16.5. The first-order valence-electron chi connectivity index (χ1n) is 6.02. The van der Waals surface area contributed by atoms with Gasteiger partial charge in [0.25, 0.3) is 0 Å². The van der Waals surface area contributed by atoms with Crippen LogP contribution in [0.5, 0.6) is 0 Å². The van der Waals surface area contributed by atoms with Crippen molar-refractivity contribution in [3.8, 4) is 11.1 Å². The summed E-state index contributed by atoms with van der Waals surface area (Å²) in [6.07, 6.45) is 1.03. The minimum absolute atomic E-state index is 0.304. The fraction of sp³-hybridized carbons (Fsp3) is 0.188. The molecule has 2 aromatic rings. The second-order valence-corrected chi connectivity index (χ2v) is 4.12. The van der Waals surface area contributed by atoms with Crippen LogP contribution in [-0.2, 0) is 11.2 Å².